The molecule has 1 N–H and O–H groups in total. The number of ether oxygens (including phenoxy) is 1. The molecule has 0 bridgehead atoms. The van der Waals surface area contributed by atoms with Crippen molar-refractivity contribution in [2.24, 2.45) is 10.3 Å². The fourth-order valence-corrected chi connectivity index (χ4v) is 0.631. The molecular formula is C5H6N2O4. The summed E-state index contributed by atoms with van der Waals surface area (Å²) < 4.78 is 4.65. The Morgan fingerprint density at radius 2 is 2.55 bits per heavy atom. The molecule has 60 valence electrons. The lowest BCUT2D eigenvalue weighted by Crippen LogP contribution is -2.21. The highest BCUT2D eigenvalue weighted by Crippen LogP contribution is 2.00. The van der Waals surface area contributed by atoms with E-state index in [0.29, 0.717) is 0 Å². The molecule has 0 fully saturated rings. The van der Waals surface area contributed by atoms with Crippen LogP contribution in [0.2, 0.25) is 0 Å². The van der Waals surface area contributed by atoms with Crippen LogP contribution in [0.15, 0.2) is 10.3 Å². The molecule has 0 atom stereocenters. The molecular weight excluding hydrogens is 152 g/mol. The zero-order valence-corrected chi connectivity index (χ0v) is 5.77. The average Bonchev–Trinajstić information content (AvgIpc) is 2.33. The van der Waals surface area contributed by atoms with E-state index in [1.54, 1.807) is 0 Å². The van der Waals surface area contributed by atoms with Crippen LogP contribution in [-0.4, -0.2) is 36.3 Å². The Morgan fingerprint density at radius 1 is 1.82 bits per heavy atom. The average molecular weight is 158 g/mol. The summed E-state index contributed by atoms with van der Waals surface area (Å²) in [5.41, 5.74) is -0.00755. The summed E-state index contributed by atoms with van der Waals surface area (Å²) in [6.45, 7) is 0.0884. The quantitative estimate of drug-likeness (QED) is 0.330. The normalized spacial score (nSPS) is 20.3. The molecule has 0 saturated heterocycles. The highest BCUT2D eigenvalue weighted by Gasteiger charge is 2.27. The molecule has 0 aromatic rings. The van der Waals surface area contributed by atoms with Crippen molar-refractivity contribution in [3.63, 3.8) is 0 Å². The molecule has 1 heterocycles. The Bertz CT molecular complexity index is 233. The van der Waals surface area contributed by atoms with Gasteiger partial charge in [0.15, 0.2) is 0 Å². The van der Waals surface area contributed by atoms with Gasteiger partial charge in [-0.25, -0.2) is 4.79 Å². The number of methoxy groups -OCH3 is 1. The van der Waals surface area contributed by atoms with Crippen molar-refractivity contribution < 1.29 is 19.6 Å². The van der Waals surface area contributed by atoms with E-state index in [-0.39, 0.29) is 18.0 Å². The fraction of sp³-hybridized carbons (Fsp3) is 0.400. The lowest BCUT2D eigenvalue weighted by atomic mass is 10.2. The van der Waals surface area contributed by atoms with Crippen molar-refractivity contribution in [2.45, 2.75) is 0 Å². The summed E-state index contributed by atoms with van der Waals surface area (Å²) in [6.07, 6.45) is 0. The molecule has 6 heteroatoms. The molecule has 0 spiro atoms. The minimum atomic E-state index is -0.764. The first kappa shape index (κ1) is 7.67. The van der Waals surface area contributed by atoms with Crippen LogP contribution < -0.4 is 0 Å². The van der Waals surface area contributed by atoms with E-state index < -0.39 is 5.97 Å². The smallest absolute Gasteiger partial charge is 0.389 e. The van der Waals surface area contributed by atoms with Crippen molar-refractivity contribution >= 4 is 17.4 Å². The molecule has 0 amide bonds. The van der Waals surface area contributed by atoms with E-state index in [1.807, 2.05) is 0 Å². The van der Waals surface area contributed by atoms with E-state index in [2.05, 4.69) is 19.9 Å². The van der Waals surface area contributed by atoms with Crippen LogP contribution in [-0.2, 0) is 14.4 Å². The first-order valence-electron chi connectivity index (χ1n) is 2.79. The van der Waals surface area contributed by atoms with Gasteiger partial charge in [0.2, 0.25) is 5.71 Å². The van der Waals surface area contributed by atoms with Gasteiger partial charge < -0.3 is 14.8 Å². The molecule has 11 heavy (non-hydrogen) atoms. The zero-order valence-electron chi connectivity index (χ0n) is 5.77. The van der Waals surface area contributed by atoms with Crippen LogP contribution in [0.4, 0.5) is 0 Å². The Hall–Kier alpha value is -1.43. The SMILES string of the molecule is COCC1=NOC(=O)/C1=N\O. The second-order valence-corrected chi connectivity index (χ2v) is 1.80. The zero-order chi connectivity index (χ0) is 8.27. The second kappa shape index (κ2) is 3.11. The van der Waals surface area contributed by atoms with Gasteiger partial charge in [0.05, 0.1) is 6.61 Å². The standard InChI is InChI=1S/C5H6N2O4/c1-10-2-3-4(6-9)5(8)11-7-3/h9H,2H2,1H3/b6-4-. The van der Waals surface area contributed by atoms with Crippen LogP contribution in [0.3, 0.4) is 0 Å². The monoisotopic (exact) mass is 158 g/mol. The minimum absolute atomic E-state index is 0.0884. The van der Waals surface area contributed by atoms with Gasteiger partial charge in [-0.05, 0) is 0 Å². The highest BCUT2D eigenvalue weighted by atomic mass is 16.7. The third-order valence-corrected chi connectivity index (χ3v) is 1.09. The predicted molar refractivity (Wildman–Crippen MR) is 34.6 cm³/mol. The lowest BCUT2D eigenvalue weighted by Gasteiger charge is -1.92. The fourth-order valence-electron chi connectivity index (χ4n) is 0.631. The maximum atomic E-state index is 10.6. The molecule has 1 rings (SSSR count). The van der Waals surface area contributed by atoms with Crippen LogP contribution in [0, 0.1) is 0 Å². The van der Waals surface area contributed by atoms with Gasteiger partial charge in [-0.3, -0.25) is 0 Å². The predicted octanol–water partition coefficient (Wildman–Crippen LogP) is -0.624. The van der Waals surface area contributed by atoms with E-state index in [0.717, 1.165) is 0 Å². The van der Waals surface area contributed by atoms with Crippen molar-refractivity contribution in [3.05, 3.63) is 0 Å². The minimum Gasteiger partial charge on any atom is -0.410 e. The van der Waals surface area contributed by atoms with E-state index in [4.69, 9.17) is 5.21 Å². The van der Waals surface area contributed by atoms with Gasteiger partial charge in [-0.15, -0.1) is 0 Å². The largest absolute Gasteiger partial charge is 0.410 e. The number of hydrogen-bond acceptors (Lipinski definition) is 6. The highest BCUT2D eigenvalue weighted by molar-refractivity contribution is 6.67. The van der Waals surface area contributed by atoms with Crippen LogP contribution in [0.1, 0.15) is 0 Å². The summed E-state index contributed by atoms with van der Waals surface area (Å²) in [5.74, 6) is -0.764. The molecule has 0 unspecified atom stereocenters. The number of hydrogen-bond donors (Lipinski definition) is 1. The Morgan fingerprint density at radius 3 is 3.09 bits per heavy atom. The number of oxime groups is 2. The van der Waals surface area contributed by atoms with Crippen molar-refractivity contribution in [1.82, 2.24) is 0 Å². The third kappa shape index (κ3) is 1.35. The molecule has 1 aliphatic rings. The third-order valence-electron chi connectivity index (χ3n) is 1.09. The molecule has 6 nitrogen and oxygen atoms in total. The number of carbonyl (C=O) groups is 1. The van der Waals surface area contributed by atoms with Gasteiger partial charge in [0.1, 0.15) is 5.71 Å². The molecule has 0 radical (unpaired) electrons. The van der Waals surface area contributed by atoms with E-state index >= 15 is 0 Å². The maximum absolute atomic E-state index is 10.6. The van der Waals surface area contributed by atoms with Crippen LogP contribution in [0.5, 0.6) is 0 Å². The first-order valence-corrected chi connectivity index (χ1v) is 2.79. The molecule has 0 aromatic carbocycles. The van der Waals surface area contributed by atoms with Crippen molar-refractivity contribution in [2.75, 3.05) is 13.7 Å². The second-order valence-electron chi connectivity index (χ2n) is 1.80. The van der Waals surface area contributed by atoms with E-state index in [1.165, 1.54) is 7.11 Å². The first-order chi connectivity index (χ1) is 5.29. The van der Waals surface area contributed by atoms with Crippen LogP contribution >= 0.6 is 0 Å². The molecule has 0 aromatic heterocycles. The summed E-state index contributed by atoms with van der Waals surface area (Å²) in [7, 11) is 1.43. The number of carbonyl (C=O) groups excluding carboxylic acids is 1. The summed E-state index contributed by atoms with van der Waals surface area (Å²) in [6, 6.07) is 0. The van der Waals surface area contributed by atoms with Crippen LogP contribution in [0.25, 0.3) is 0 Å². The summed E-state index contributed by atoms with van der Waals surface area (Å²) in [4.78, 5) is 14.8. The molecule has 1 aliphatic heterocycles. The molecule has 0 aliphatic carbocycles. The van der Waals surface area contributed by atoms with E-state index in [9.17, 15) is 4.79 Å². The van der Waals surface area contributed by atoms with Gasteiger partial charge in [0, 0.05) is 7.11 Å². The summed E-state index contributed by atoms with van der Waals surface area (Å²) in [5, 5.41) is 14.3. The Kier molecular flexibility index (Phi) is 2.17. The van der Waals surface area contributed by atoms with Gasteiger partial charge in [-0.2, -0.15) is 0 Å². The number of nitrogens with zero attached hydrogens (tertiary/aromatic N) is 2. The van der Waals surface area contributed by atoms with Gasteiger partial charge in [-0.1, -0.05) is 10.3 Å². The Labute approximate surface area is 62.1 Å². The Balaban J connectivity index is 2.74. The molecule has 0 saturated carbocycles. The number of rotatable bonds is 2. The maximum Gasteiger partial charge on any atom is 0.389 e. The topological polar surface area (TPSA) is 80.5 Å². The van der Waals surface area contributed by atoms with Crippen molar-refractivity contribution in [1.29, 1.82) is 0 Å². The van der Waals surface area contributed by atoms with Crippen molar-refractivity contribution in [3.8, 4) is 0 Å². The van der Waals surface area contributed by atoms with Gasteiger partial charge in [0.25, 0.3) is 0 Å². The lowest BCUT2D eigenvalue weighted by molar-refractivity contribution is -0.134. The van der Waals surface area contributed by atoms with Gasteiger partial charge >= 0.3 is 5.97 Å². The summed E-state index contributed by atoms with van der Waals surface area (Å²) >= 11 is 0.